The lowest BCUT2D eigenvalue weighted by atomic mass is 10.0. The van der Waals surface area contributed by atoms with Crippen LogP contribution in [0.15, 0.2) is 376 Å². The van der Waals surface area contributed by atoms with Crippen LogP contribution in [0.25, 0.3) is 0 Å². The number of aliphatic imine (C=N–C) groups is 4. The Bertz CT molecular complexity index is 7740. The molecular formula is C94H90N26O17S5. The molecule has 0 saturated carbocycles. The lowest BCUT2D eigenvalue weighted by Crippen LogP contribution is -2.60. The molecule has 1 saturated heterocycles. The molecule has 3 heterocycles. The van der Waals surface area contributed by atoms with Gasteiger partial charge in [-0.25, -0.2) is 9.98 Å². The van der Waals surface area contributed by atoms with Gasteiger partial charge in [-0.2, -0.15) is 124 Å². The Balaban J connectivity index is 0.713. The van der Waals surface area contributed by atoms with Gasteiger partial charge in [-0.1, -0.05) is 61.5 Å². The second kappa shape index (κ2) is 44.9. The van der Waals surface area contributed by atoms with Gasteiger partial charge < -0.3 is 40.5 Å². The smallest absolute Gasteiger partial charge is 0.296 e. The maximum Gasteiger partial charge on any atom is 0.296 e. The average molecular weight is 2020 g/mol. The highest BCUT2D eigenvalue weighted by molar-refractivity contribution is 7.87. The molecule has 9 N–H and O–H groups in total. The van der Waals surface area contributed by atoms with Gasteiger partial charge in [0.15, 0.2) is 6.29 Å². The number of nitrogens with one attached hydrogen (secondary N) is 4. The van der Waals surface area contributed by atoms with Crippen LogP contribution in [-0.2, 0) is 63.4 Å². The fraction of sp³-hybridized carbons (Fsp3) is 0.191. The molecule has 15 rings (SSSR count). The second-order valence-corrected chi connectivity index (χ2v) is 39.2. The van der Waals surface area contributed by atoms with Gasteiger partial charge in [0.05, 0.1) is 114 Å². The Morgan fingerprint density at radius 2 is 0.775 bits per heavy atom. The third-order valence-electron chi connectivity index (χ3n) is 21.3. The van der Waals surface area contributed by atoms with Gasteiger partial charge in [0, 0.05) is 56.8 Å². The van der Waals surface area contributed by atoms with Crippen molar-refractivity contribution >= 4 is 177 Å². The van der Waals surface area contributed by atoms with Crippen molar-refractivity contribution in [3.63, 3.8) is 0 Å². The fourth-order valence-electron chi connectivity index (χ4n) is 14.1. The number of benzene rings is 12. The van der Waals surface area contributed by atoms with Crippen molar-refractivity contribution in [2.45, 2.75) is 92.3 Å². The zero-order valence-electron chi connectivity index (χ0n) is 76.2. The molecule has 2 atom stereocenters. The van der Waals surface area contributed by atoms with Crippen LogP contribution in [0, 0.1) is 27.7 Å². The fourth-order valence-corrected chi connectivity index (χ4v) is 16.9. The van der Waals surface area contributed by atoms with E-state index in [4.69, 9.17) is 29.4 Å². The second-order valence-electron chi connectivity index (χ2n) is 32.0. The lowest BCUT2D eigenvalue weighted by Gasteiger charge is -2.40. The number of aryl methyl sites for hydroxylation is 4. The van der Waals surface area contributed by atoms with Crippen molar-refractivity contribution in [1.82, 2.24) is 20.4 Å². The summed E-state index contributed by atoms with van der Waals surface area (Å²) in [6.45, 7) is 10.7. The van der Waals surface area contributed by atoms with Crippen molar-refractivity contribution in [1.29, 1.82) is 0 Å². The predicted molar refractivity (Wildman–Crippen MR) is 533 cm³/mol. The summed E-state index contributed by atoms with van der Waals surface area (Å²) in [6.07, 6.45) is -0.889. The SMILES string of the molecule is CCCOc1cc(N=Nc2ccc(N=Nc3ccccc3)cc2S(=O)(=O)O)c(C)cc1NC1N=C(Nc2ccc(N=Nc3ccc(N=Nc4ccc(S(=O)(=O)O)cc4)cc3)c(C)c2)N=C(N2CCN(C3=NC(Cc4ccc(N=Nc5ccc(N=Nc6ccccc6)cc5S(=O)(=O)O)c(C)c4)=NC(Cc4cc(C)c(N=Nc5ccc(N=Nc6ccc(S(=O)(=O)O)cc6)cc5)cc4OCCCS(=O)(=O)O)N3)CC2)N1. The molecule has 12 aromatic carbocycles. The molecule has 2 unspecified atom stereocenters. The molecule has 0 aromatic heterocycles. The maximum atomic E-state index is 12.9. The Kier molecular flexibility index (Phi) is 31.8. The average Bonchev–Trinajstić information content (AvgIpc) is 0.796. The van der Waals surface area contributed by atoms with E-state index in [9.17, 15) is 64.9 Å². The molecule has 142 heavy (non-hydrogen) atoms. The summed E-state index contributed by atoms with van der Waals surface area (Å²) in [5.41, 5.74) is 10.1. The van der Waals surface area contributed by atoms with Crippen LogP contribution in [0.2, 0.25) is 0 Å². The molecule has 0 radical (unpaired) electrons. The quantitative estimate of drug-likeness (QED) is 0.0101. The van der Waals surface area contributed by atoms with E-state index in [1.54, 1.807) is 153 Å². The maximum absolute atomic E-state index is 12.9. The minimum atomic E-state index is -4.86. The van der Waals surface area contributed by atoms with E-state index in [2.05, 4.69) is 113 Å². The molecule has 0 spiro atoms. The Morgan fingerprint density at radius 3 is 1.25 bits per heavy atom. The third kappa shape index (κ3) is 28.2. The first-order valence-electron chi connectivity index (χ1n) is 43.6. The van der Waals surface area contributed by atoms with Gasteiger partial charge in [0.25, 0.3) is 50.6 Å². The number of ether oxygens (including phenoxy) is 2. The standard InChI is InChI=1S/C94H90N26O17S5/c1-6-46-136-86-58-83(118-116-81-41-33-75(56-88(81)142(133,134)135)112-104-66-16-11-8-12-17-66)62(5)52-84(86)96-92-100-91(95-73-31-39-79(61(4)51-73)113-109-69-23-19-67(20-24-69)105-107-71-27-34-76(35-28-71)139(124,125)126)101-94(102-92)120-44-42-119(43-45-120)93-98-89(53-63-18-38-78(59(2)49-63)114-115-80-40-32-74(55-87(80)141(130,131)132)111-103-65-14-9-7-10-15-65)97-90(99-93)54-64-50-60(3)82(57-85(64)137-47-13-48-138(121,122)123)117-110-70-25-21-68(22-26-70)106-108-72-29-36-77(37-30-72)140(127,128)129/h7-12,14-41,49-52,55-58,90,92,96H,6,13,42-48,53-54H2,1-5H3,(H,97,98,99)(H,121,122,123)(H,124,125,126)(H,127,128,129)(H,130,131,132)(H,133,134,135)(H2,95,100,101,102). The summed E-state index contributed by atoms with van der Waals surface area (Å²) in [5, 5.41) is 83.0. The van der Waals surface area contributed by atoms with Crippen LogP contribution in [0.3, 0.4) is 0 Å². The monoisotopic (exact) mass is 2010 g/mol. The number of anilines is 2. The van der Waals surface area contributed by atoms with E-state index in [1.807, 2.05) is 51.1 Å². The van der Waals surface area contributed by atoms with Crippen LogP contribution >= 0.6 is 0 Å². The number of hydrogen-bond donors (Lipinski definition) is 9. The van der Waals surface area contributed by atoms with Gasteiger partial charge in [0.1, 0.15) is 44.7 Å². The van der Waals surface area contributed by atoms with Gasteiger partial charge in [-0.05, 0) is 262 Å². The molecular weight excluding hydrogens is 1930 g/mol. The van der Waals surface area contributed by atoms with E-state index in [1.165, 1.54) is 72.8 Å². The summed E-state index contributed by atoms with van der Waals surface area (Å²) in [4.78, 5) is 23.0. The summed E-state index contributed by atoms with van der Waals surface area (Å²) >= 11 is 0. The van der Waals surface area contributed by atoms with Crippen molar-refractivity contribution in [3.8, 4) is 11.5 Å². The summed E-state index contributed by atoms with van der Waals surface area (Å²) < 4.78 is 184. The molecule has 1 fully saturated rings. The predicted octanol–water partition coefficient (Wildman–Crippen LogP) is 22.6. The molecule has 43 nitrogen and oxygen atoms in total. The normalized spacial score (nSPS) is 15.2. The van der Waals surface area contributed by atoms with Crippen molar-refractivity contribution in [3.05, 3.63) is 288 Å². The number of piperazine rings is 1. The van der Waals surface area contributed by atoms with E-state index >= 15 is 0 Å². The molecule has 48 heteroatoms. The number of guanidine groups is 3. The van der Waals surface area contributed by atoms with Crippen molar-refractivity contribution in [2.75, 3.05) is 55.8 Å². The zero-order chi connectivity index (χ0) is 100. The first-order valence-corrected chi connectivity index (χ1v) is 50.9. The summed E-state index contributed by atoms with van der Waals surface area (Å²) in [6, 6.07) is 67.1. The van der Waals surface area contributed by atoms with Gasteiger partial charge in [-0.3, -0.25) is 22.8 Å². The van der Waals surface area contributed by atoms with Crippen molar-refractivity contribution < 1.29 is 74.3 Å². The highest BCUT2D eigenvalue weighted by Crippen LogP contribution is 2.41. The Hall–Kier alpha value is -15.9. The van der Waals surface area contributed by atoms with E-state index in [0.29, 0.717) is 164 Å². The molecule has 3 aliphatic heterocycles. The third-order valence-corrected chi connectivity index (χ3v) is 25.6. The lowest BCUT2D eigenvalue weighted by molar-refractivity contribution is 0.244. The Morgan fingerprint density at radius 1 is 0.380 bits per heavy atom. The molecule has 0 bridgehead atoms. The number of hydrogen-bond acceptors (Lipinski definition) is 38. The van der Waals surface area contributed by atoms with E-state index in [-0.39, 0.29) is 71.0 Å². The van der Waals surface area contributed by atoms with Gasteiger partial charge >= 0.3 is 0 Å². The zero-order valence-corrected chi connectivity index (χ0v) is 80.3. The summed E-state index contributed by atoms with van der Waals surface area (Å²) in [5.74, 6) is 1.48. The summed E-state index contributed by atoms with van der Waals surface area (Å²) in [7, 11) is -22.9. The first-order chi connectivity index (χ1) is 68.0. The van der Waals surface area contributed by atoms with Crippen LogP contribution in [0.1, 0.15) is 53.1 Å². The van der Waals surface area contributed by atoms with E-state index < -0.39 is 78.6 Å². The van der Waals surface area contributed by atoms with Crippen LogP contribution < -0.4 is 30.7 Å². The minimum Gasteiger partial charge on any atom is -0.493 e. The minimum absolute atomic E-state index is 0.0811. The van der Waals surface area contributed by atoms with Crippen LogP contribution in [-0.4, -0.2) is 156 Å². The van der Waals surface area contributed by atoms with Gasteiger partial charge in [0.2, 0.25) is 17.9 Å². The molecule has 728 valence electrons. The van der Waals surface area contributed by atoms with E-state index in [0.717, 1.165) is 23.3 Å². The number of azo groups is 8. The highest BCUT2D eigenvalue weighted by Gasteiger charge is 2.32. The topological polar surface area (TPSA) is 592 Å². The number of amidine groups is 1. The largest absolute Gasteiger partial charge is 0.493 e. The molecule has 0 aliphatic carbocycles. The molecule has 12 aromatic rings. The van der Waals surface area contributed by atoms with Gasteiger partial charge in [-0.15, -0.1) is 10.2 Å². The van der Waals surface area contributed by atoms with Crippen molar-refractivity contribution in [2.24, 2.45) is 102 Å². The first kappa shape index (κ1) is 101. The molecule has 0 amide bonds. The van der Waals surface area contributed by atoms with Crippen LogP contribution in [0.4, 0.5) is 102 Å². The highest BCUT2D eigenvalue weighted by atomic mass is 32.2. The van der Waals surface area contributed by atoms with Crippen LogP contribution in [0.5, 0.6) is 11.5 Å². The number of nitrogens with zero attached hydrogens (tertiary/aromatic N) is 22. The number of rotatable bonds is 35. The Labute approximate surface area is 815 Å². The molecule has 3 aliphatic rings.